The maximum Gasteiger partial charge on any atom is 0.281 e. The molecule has 2 saturated heterocycles. The van der Waals surface area contributed by atoms with Gasteiger partial charge in [-0.2, -0.15) is 0 Å². The number of nitrogens with zero attached hydrogens (tertiary/aromatic N) is 1. The molecule has 26 heavy (non-hydrogen) atoms. The van der Waals surface area contributed by atoms with Crippen molar-refractivity contribution >= 4 is 38.5 Å². The molecule has 1 unspecified atom stereocenters. The second kappa shape index (κ2) is 7.20. The third kappa shape index (κ3) is 3.52. The normalized spacial score (nSPS) is 25.0. The summed E-state index contributed by atoms with van der Waals surface area (Å²) in [5.41, 5.74) is 0.853. The summed E-state index contributed by atoms with van der Waals surface area (Å²) < 4.78 is 6.50. The van der Waals surface area contributed by atoms with Crippen LogP contribution >= 0.6 is 11.3 Å². The number of nitrogens with one attached hydrogen (secondary N) is 3. The molecule has 1 aromatic heterocycles. The average molecular weight is 375 g/mol. The molecule has 2 aromatic rings. The summed E-state index contributed by atoms with van der Waals surface area (Å²) in [6.07, 6.45) is 2.59. The molecule has 3 atom stereocenters. The van der Waals surface area contributed by atoms with Crippen molar-refractivity contribution in [2.75, 3.05) is 25.0 Å². The Hall–Kier alpha value is -2.19. The number of hydrogen-bond donors (Lipinski definition) is 3. The molecule has 3 N–H and O–H groups in total. The number of thiazole rings is 1. The Balaban J connectivity index is 1.43. The van der Waals surface area contributed by atoms with E-state index in [2.05, 4.69) is 15.6 Å². The first-order valence-electron chi connectivity index (χ1n) is 9.08. The van der Waals surface area contributed by atoms with Crippen LogP contribution in [0.1, 0.15) is 26.2 Å². The lowest BCUT2D eigenvalue weighted by molar-refractivity contribution is -0.925. The fourth-order valence-corrected chi connectivity index (χ4v) is 4.87. The molecule has 0 radical (unpaired) electrons. The van der Waals surface area contributed by atoms with Crippen molar-refractivity contribution in [3.8, 4) is 5.75 Å². The Labute approximate surface area is 155 Å². The SMILES string of the molecule is CCOc1ccc2nc(NC(=O)C[NH+]3[C@@H]4CC[C@H]3CC(=O)NC4)sc2c1. The highest BCUT2D eigenvalue weighted by Crippen LogP contribution is 2.29. The Bertz CT molecular complexity index is 837. The molecule has 3 heterocycles. The number of anilines is 1. The zero-order valence-electron chi connectivity index (χ0n) is 14.7. The second-order valence-corrected chi connectivity index (χ2v) is 7.89. The van der Waals surface area contributed by atoms with Crippen LogP contribution in [0.4, 0.5) is 5.13 Å². The van der Waals surface area contributed by atoms with Crippen LogP contribution in [0.15, 0.2) is 18.2 Å². The van der Waals surface area contributed by atoms with Gasteiger partial charge in [0.05, 0.1) is 35.8 Å². The Kier molecular flexibility index (Phi) is 4.78. The van der Waals surface area contributed by atoms with Gasteiger partial charge in [-0.1, -0.05) is 11.3 Å². The number of benzene rings is 1. The van der Waals surface area contributed by atoms with Gasteiger partial charge >= 0.3 is 0 Å². The van der Waals surface area contributed by atoms with Gasteiger partial charge in [0.25, 0.3) is 5.91 Å². The van der Waals surface area contributed by atoms with E-state index in [-0.39, 0.29) is 17.9 Å². The standard InChI is InChI=1S/C18H22N4O3S/c1-2-25-13-5-6-14-15(8-13)26-18(20-14)21-17(24)10-22-11-3-4-12(22)9-19-16(23)7-11/h5-6,8,11-12H,2-4,7,9-10H2,1H3,(H,19,23)(H,20,21,24)/p+1/t11-,12+/m0/s1. The van der Waals surface area contributed by atoms with Crippen molar-refractivity contribution in [2.45, 2.75) is 38.3 Å². The van der Waals surface area contributed by atoms with E-state index >= 15 is 0 Å². The predicted molar refractivity (Wildman–Crippen MR) is 99.7 cm³/mol. The first-order valence-corrected chi connectivity index (χ1v) is 9.89. The summed E-state index contributed by atoms with van der Waals surface area (Å²) in [7, 11) is 0. The average Bonchev–Trinajstić information content (AvgIpc) is 3.11. The van der Waals surface area contributed by atoms with Crippen molar-refractivity contribution in [1.29, 1.82) is 0 Å². The van der Waals surface area contributed by atoms with Gasteiger partial charge in [0, 0.05) is 12.8 Å². The molecule has 2 fully saturated rings. The third-order valence-corrected chi connectivity index (χ3v) is 6.11. The number of amides is 2. The monoisotopic (exact) mass is 375 g/mol. The topological polar surface area (TPSA) is 84.8 Å². The zero-order valence-corrected chi connectivity index (χ0v) is 15.5. The summed E-state index contributed by atoms with van der Waals surface area (Å²) >= 11 is 1.45. The van der Waals surface area contributed by atoms with Gasteiger partial charge in [-0.15, -0.1) is 0 Å². The molecule has 7 nitrogen and oxygen atoms in total. The Morgan fingerprint density at radius 1 is 1.42 bits per heavy atom. The lowest BCUT2D eigenvalue weighted by Gasteiger charge is -2.23. The molecule has 0 aliphatic carbocycles. The molecule has 2 aliphatic heterocycles. The summed E-state index contributed by atoms with van der Waals surface area (Å²) in [6, 6.07) is 6.33. The van der Waals surface area contributed by atoms with Gasteiger partial charge in [0.15, 0.2) is 11.7 Å². The van der Waals surface area contributed by atoms with Crippen LogP contribution in [0.5, 0.6) is 5.75 Å². The lowest BCUT2D eigenvalue weighted by atomic mass is 10.1. The maximum atomic E-state index is 12.5. The van der Waals surface area contributed by atoms with Crippen LogP contribution in [0, 0.1) is 0 Å². The highest BCUT2D eigenvalue weighted by atomic mass is 32.1. The Morgan fingerprint density at radius 2 is 2.27 bits per heavy atom. The number of aromatic nitrogens is 1. The summed E-state index contributed by atoms with van der Waals surface area (Å²) in [6.45, 7) is 3.61. The van der Waals surface area contributed by atoms with Crippen LogP contribution in [-0.4, -0.2) is 48.6 Å². The molecule has 4 rings (SSSR count). The Morgan fingerprint density at radius 3 is 3.12 bits per heavy atom. The molecular formula is C18H23N4O3S+. The quantitative estimate of drug-likeness (QED) is 0.713. The van der Waals surface area contributed by atoms with Gasteiger partial charge < -0.3 is 15.0 Å². The van der Waals surface area contributed by atoms with Crippen LogP contribution in [0.25, 0.3) is 10.2 Å². The van der Waals surface area contributed by atoms with Gasteiger partial charge in [-0.25, -0.2) is 4.98 Å². The molecule has 2 bridgehead atoms. The minimum Gasteiger partial charge on any atom is -0.494 e. The summed E-state index contributed by atoms with van der Waals surface area (Å²) in [4.78, 5) is 30.0. The fraction of sp³-hybridized carbons (Fsp3) is 0.500. The van der Waals surface area contributed by atoms with Crippen molar-refractivity contribution in [2.24, 2.45) is 0 Å². The molecule has 8 heteroatoms. The molecule has 0 saturated carbocycles. The molecular weight excluding hydrogens is 352 g/mol. The van der Waals surface area contributed by atoms with Gasteiger partial charge in [-0.3, -0.25) is 14.9 Å². The number of fused-ring (bicyclic) bond motifs is 3. The van der Waals surface area contributed by atoms with Gasteiger partial charge in [-0.05, 0) is 25.1 Å². The number of carbonyl (C=O) groups excluding carboxylic acids is 2. The van der Waals surface area contributed by atoms with E-state index in [1.807, 2.05) is 25.1 Å². The van der Waals surface area contributed by atoms with Crippen molar-refractivity contribution in [3.05, 3.63) is 18.2 Å². The van der Waals surface area contributed by atoms with Crippen LogP contribution in [0.2, 0.25) is 0 Å². The molecule has 138 valence electrons. The van der Waals surface area contributed by atoms with E-state index in [4.69, 9.17) is 4.74 Å². The van der Waals surface area contributed by atoms with Crippen molar-refractivity contribution < 1.29 is 19.2 Å². The van der Waals surface area contributed by atoms with Gasteiger partial charge in [0.1, 0.15) is 11.8 Å². The summed E-state index contributed by atoms with van der Waals surface area (Å²) in [5, 5.41) is 6.49. The van der Waals surface area contributed by atoms with Crippen LogP contribution in [0.3, 0.4) is 0 Å². The minimum absolute atomic E-state index is 0.0460. The molecule has 2 amide bonds. The summed E-state index contributed by atoms with van der Waals surface area (Å²) in [5.74, 6) is 0.867. The maximum absolute atomic E-state index is 12.5. The van der Waals surface area contributed by atoms with Crippen molar-refractivity contribution in [3.63, 3.8) is 0 Å². The smallest absolute Gasteiger partial charge is 0.281 e. The highest BCUT2D eigenvalue weighted by Gasteiger charge is 2.42. The van der Waals surface area contributed by atoms with E-state index in [1.165, 1.54) is 16.2 Å². The largest absolute Gasteiger partial charge is 0.494 e. The minimum atomic E-state index is -0.0460. The van der Waals surface area contributed by atoms with E-state index in [9.17, 15) is 9.59 Å². The van der Waals surface area contributed by atoms with E-state index in [0.29, 0.717) is 37.3 Å². The number of rotatable bonds is 5. The zero-order chi connectivity index (χ0) is 18.1. The second-order valence-electron chi connectivity index (χ2n) is 6.86. The van der Waals surface area contributed by atoms with E-state index in [1.54, 1.807) is 0 Å². The van der Waals surface area contributed by atoms with Crippen LogP contribution in [-0.2, 0) is 9.59 Å². The van der Waals surface area contributed by atoms with Crippen molar-refractivity contribution in [1.82, 2.24) is 10.3 Å². The molecule has 2 aliphatic rings. The van der Waals surface area contributed by atoms with Gasteiger partial charge in [0.2, 0.25) is 5.91 Å². The number of ether oxygens (including phenoxy) is 1. The first kappa shape index (κ1) is 17.2. The molecule has 0 spiro atoms. The fourth-order valence-electron chi connectivity index (χ4n) is 3.96. The number of quaternary nitrogens is 1. The predicted octanol–water partition coefficient (Wildman–Crippen LogP) is 0.569. The molecule has 1 aromatic carbocycles. The van der Waals surface area contributed by atoms with E-state index in [0.717, 1.165) is 28.8 Å². The lowest BCUT2D eigenvalue weighted by Crippen LogP contribution is -3.18. The van der Waals surface area contributed by atoms with E-state index < -0.39 is 0 Å². The number of carbonyl (C=O) groups is 2. The third-order valence-electron chi connectivity index (χ3n) is 5.17. The first-order chi connectivity index (χ1) is 12.6. The number of hydrogen-bond acceptors (Lipinski definition) is 5. The highest BCUT2D eigenvalue weighted by molar-refractivity contribution is 7.22. The van der Waals surface area contributed by atoms with Crippen LogP contribution < -0.4 is 20.3 Å².